The molecule has 0 radical (unpaired) electrons. The molecule has 0 spiro atoms. The van der Waals surface area contributed by atoms with E-state index >= 15 is 0 Å². The van der Waals surface area contributed by atoms with Crippen LogP contribution in [-0.4, -0.2) is 44.2 Å². The summed E-state index contributed by atoms with van der Waals surface area (Å²) in [5.41, 5.74) is 5.33. The van der Waals surface area contributed by atoms with Gasteiger partial charge in [-0.1, -0.05) is 29.3 Å². The van der Waals surface area contributed by atoms with Gasteiger partial charge in [0.2, 0.25) is 0 Å². The van der Waals surface area contributed by atoms with E-state index in [1.165, 1.54) is 19.4 Å². The molecule has 3 amide bonds. The van der Waals surface area contributed by atoms with Crippen LogP contribution in [0.5, 0.6) is 11.5 Å². The van der Waals surface area contributed by atoms with Crippen molar-refractivity contribution in [2.45, 2.75) is 20.8 Å². The molecule has 0 atom stereocenters. The van der Waals surface area contributed by atoms with E-state index in [2.05, 4.69) is 21.2 Å². The SMILES string of the molecule is CCNC(=O)C(=O)N/N=C\c1cc(Cl)c(OCC(=O)Nc2ccc(C)cc2C)c(OC)c1. The summed E-state index contributed by atoms with van der Waals surface area (Å²) < 4.78 is 10.9. The highest BCUT2D eigenvalue weighted by Gasteiger charge is 2.15. The molecule has 32 heavy (non-hydrogen) atoms. The average molecular weight is 461 g/mol. The number of aryl methyl sites for hydroxylation is 2. The number of benzene rings is 2. The first kappa shape index (κ1) is 24.7. The topological polar surface area (TPSA) is 118 Å². The number of anilines is 1. The fourth-order valence-electron chi connectivity index (χ4n) is 2.69. The van der Waals surface area contributed by atoms with Crippen LogP contribution in [0.1, 0.15) is 23.6 Å². The zero-order chi connectivity index (χ0) is 23.7. The van der Waals surface area contributed by atoms with Crippen LogP contribution in [-0.2, 0) is 14.4 Å². The number of amides is 3. The maximum absolute atomic E-state index is 12.3. The maximum atomic E-state index is 12.3. The Balaban J connectivity index is 2.03. The molecular weight excluding hydrogens is 436 g/mol. The molecule has 10 heteroatoms. The normalized spacial score (nSPS) is 10.5. The van der Waals surface area contributed by atoms with Crippen molar-refractivity contribution < 1.29 is 23.9 Å². The Bertz CT molecular complexity index is 1040. The number of nitrogens with one attached hydrogen (secondary N) is 3. The lowest BCUT2D eigenvalue weighted by molar-refractivity contribution is -0.139. The molecule has 0 aliphatic carbocycles. The van der Waals surface area contributed by atoms with E-state index in [0.717, 1.165) is 11.1 Å². The first-order valence-electron chi connectivity index (χ1n) is 9.73. The Kier molecular flexibility index (Phi) is 9.03. The highest BCUT2D eigenvalue weighted by Crippen LogP contribution is 2.36. The summed E-state index contributed by atoms with van der Waals surface area (Å²) in [6.07, 6.45) is 1.29. The molecule has 2 aromatic rings. The molecule has 0 saturated carbocycles. The molecule has 0 unspecified atom stereocenters. The Hall–Kier alpha value is -3.59. The third-order valence-electron chi connectivity index (χ3n) is 4.18. The number of hydrogen-bond donors (Lipinski definition) is 3. The maximum Gasteiger partial charge on any atom is 0.329 e. The highest BCUT2D eigenvalue weighted by atomic mass is 35.5. The molecule has 0 aliphatic heterocycles. The van der Waals surface area contributed by atoms with Crippen LogP contribution in [0.3, 0.4) is 0 Å². The van der Waals surface area contributed by atoms with Gasteiger partial charge >= 0.3 is 11.8 Å². The van der Waals surface area contributed by atoms with Crippen molar-refractivity contribution in [1.82, 2.24) is 10.7 Å². The van der Waals surface area contributed by atoms with Gasteiger partial charge in [-0.25, -0.2) is 5.43 Å². The van der Waals surface area contributed by atoms with E-state index < -0.39 is 11.8 Å². The fourth-order valence-corrected chi connectivity index (χ4v) is 2.96. The van der Waals surface area contributed by atoms with Crippen LogP contribution >= 0.6 is 11.6 Å². The number of methoxy groups -OCH3 is 1. The summed E-state index contributed by atoms with van der Waals surface area (Å²) in [6.45, 7) is 5.62. The van der Waals surface area contributed by atoms with Crippen molar-refractivity contribution in [3.8, 4) is 11.5 Å². The minimum atomic E-state index is -0.893. The van der Waals surface area contributed by atoms with Gasteiger partial charge in [-0.2, -0.15) is 5.10 Å². The van der Waals surface area contributed by atoms with Gasteiger partial charge in [-0.15, -0.1) is 0 Å². The zero-order valence-electron chi connectivity index (χ0n) is 18.2. The molecule has 2 rings (SSSR count). The van der Waals surface area contributed by atoms with Crippen molar-refractivity contribution in [2.24, 2.45) is 5.10 Å². The summed E-state index contributed by atoms with van der Waals surface area (Å²) in [4.78, 5) is 35.2. The predicted molar refractivity (Wildman–Crippen MR) is 122 cm³/mol. The number of nitrogens with zero attached hydrogens (tertiary/aromatic N) is 1. The molecule has 0 bridgehead atoms. The first-order valence-corrected chi connectivity index (χ1v) is 10.1. The lowest BCUT2D eigenvalue weighted by Crippen LogP contribution is -2.37. The summed E-state index contributed by atoms with van der Waals surface area (Å²) >= 11 is 6.28. The quantitative estimate of drug-likeness (QED) is 0.318. The number of carbonyl (C=O) groups excluding carboxylic acids is 3. The van der Waals surface area contributed by atoms with E-state index in [4.69, 9.17) is 21.1 Å². The minimum absolute atomic E-state index is 0.181. The van der Waals surface area contributed by atoms with Crippen LogP contribution in [0.2, 0.25) is 5.02 Å². The number of ether oxygens (including phenoxy) is 2. The van der Waals surface area contributed by atoms with Crippen LogP contribution in [0, 0.1) is 13.8 Å². The van der Waals surface area contributed by atoms with Gasteiger partial charge in [0.1, 0.15) is 0 Å². The van der Waals surface area contributed by atoms with Crippen LogP contribution in [0.25, 0.3) is 0 Å². The number of likely N-dealkylation sites (N-methyl/N-ethyl adjacent to an activating group) is 1. The Morgan fingerprint density at radius 3 is 2.53 bits per heavy atom. The van der Waals surface area contributed by atoms with Gasteiger partial charge in [-0.05, 0) is 50.1 Å². The highest BCUT2D eigenvalue weighted by molar-refractivity contribution is 6.35. The van der Waals surface area contributed by atoms with Gasteiger partial charge in [0.25, 0.3) is 5.91 Å². The number of hydrogen-bond acceptors (Lipinski definition) is 6. The molecule has 170 valence electrons. The third kappa shape index (κ3) is 6.98. The standard InChI is InChI=1S/C22H25ClN4O5/c1-5-24-21(29)22(30)27-25-11-15-9-16(23)20(18(10-15)31-4)32-12-19(28)26-17-7-6-13(2)8-14(17)3/h6-11H,5,12H2,1-4H3,(H,24,29)(H,26,28)(H,27,30)/b25-11-. The fraction of sp³-hybridized carbons (Fsp3) is 0.273. The number of carbonyl (C=O) groups is 3. The monoisotopic (exact) mass is 460 g/mol. The van der Waals surface area contributed by atoms with Crippen LogP contribution in [0.15, 0.2) is 35.4 Å². The Morgan fingerprint density at radius 1 is 1.12 bits per heavy atom. The molecule has 3 N–H and O–H groups in total. The summed E-state index contributed by atoms with van der Waals surface area (Å²) in [5.74, 6) is -1.57. The summed E-state index contributed by atoms with van der Waals surface area (Å²) in [5, 5.41) is 9.05. The largest absolute Gasteiger partial charge is 0.493 e. The van der Waals surface area contributed by atoms with Gasteiger partial charge < -0.3 is 20.1 Å². The molecule has 0 saturated heterocycles. The lowest BCUT2D eigenvalue weighted by Gasteiger charge is -2.14. The second-order valence-corrected chi connectivity index (χ2v) is 7.16. The van der Waals surface area contributed by atoms with Gasteiger partial charge in [0.15, 0.2) is 18.1 Å². The van der Waals surface area contributed by atoms with E-state index in [0.29, 0.717) is 17.8 Å². The molecule has 0 fully saturated rings. The Morgan fingerprint density at radius 2 is 1.88 bits per heavy atom. The van der Waals surface area contributed by atoms with Gasteiger partial charge in [0, 0.05) is 12.2 Å². The van der Waals surface area contributed by atoms with E-state index in [1.54, 1.807) is 13.0 Å². The predicted octanol–water partition coefficient (Wildman–Crippen LogP) is 2.57. The molecule has 2 aromatic carbocycles. The average Bonchev–Trinajstić information content (AvgIpc) is 2.74. The smallest absolute Gasteiger partial charge is 0.329 e. The number of halogens is 1. The van der Waals surface area contributed by atoms with E-state index in [1.807, 2.05) is 32.0 Å². The second kappa shape index (κ2) is 11.7. The minimum Gasteiger partial charge on any atom is -0.493 e. The summed E-state index contributed by atoms with van der Waals surface area (Å²) in [6, 6.07) is 8.78. The van der Waals surface area contributed by atoms with Gasteiger partial charge in [0.05, 0.1) is 18.3 Å². The van der Waals surface area contributed by atoms with Crippen molar-refractivity contribution in [1.29, 1.82) is 0 Å². The first-order chi connectivity index (χ1) is 15.2. The molecule has 0 aromatic heterocycles. The van der Waals surface area contributed by atoms with Crippen molar-refractivity contribution in [3.05, 3.63) is 52.0 Å². The number of rotatable bonds is 8. The zero-order valence-corrected chi connectivity index (χ0v) is 19.0. The van der Waals surface area contributed by atoms with Crippen LogP contribution in [0.4, 0.5) is 5.69 Å². The third-order valence-corrected chi connectivity index (χ3v) is 4.46. The Labute approximate surface area is 191 Å². The molecular formula is C22H25ClN4O5. The molecule has 9 nitrogen and oxygen atoms in total. The van der Waals surface area contributed by atoms with Crippen molar-refractivity contribution in [3.63, 3.8) is 0 Å². The van der Waals surface area contributed by atoms with Crippen molar-refractivity contribution >= 4 is 41.2 Å². The van der Waals surface area contributed by atoms with Crippen LogP contribution < -0.4 is 25.5 Å². The van der Waals surface area contributed by atoms with E-state index in [-0.39, 0.29) is 29.0 Å². The molecule has 0 heterocycles. The lowest BCUT2D eigenvalue weighted by atomic mass is 10.1. The van der Waals surface area contributed by atoms with E-state index in [9.17, 15) is 14.4 Å². The summed E-state index contributed by atoms with van der Waals surface area (Å²) in [7, 11) is 1.42. The molecule has 0 aliphatic rings. The van der Waals surface area contributed by atoms with Gasteiger partial charge in [-0.3, -0.25) is 14.4 Å². The number of hydrazone groups is 1. The second-order valence-electron chi connectivity index (χ2n) is 6.75. The van der Waals surface area contributed by atoms with Crippen molar-refractivity contribution in [2.75, 3.05) is 25.6 Å².